The zero-order valence-corrected chi connectivity index (χ0v) is 7.45. The van der Waals surface area contributed by atoms with Gasteiger partial charge in [0.2, 0.25) is 0 Å². The van der Waals surface area contributed by atoms with E-state index in [2.05, 4.69) is 23.7 Å². The van der Waals surface area contributed by atoms with E-state index in [0.717, 1.165) is 32.1 Å². The summed E-state index contributed by atoms with van der Waals surface area (Å²) in [5, 5.41) is 0. The maximum atomic E-state index is 3.29. The van der Waals surface area contributed by atoms with Gasteiger partial charge in [-0.2, -0.15) is 0 Å². The Morgan fingerprint density at radius 2 is 1.33 bits per heavy atom. The first-order chi connectivity index (χ1) is 5.91. The Labute approximate surface area is 74.7 Å². The molecule has 0 nitrogen and oxygen atoms in total. The highest BCUT2D eigenvalue weighted by atomic mass is 14.4. The number of hydrogen-bond acceptors (Lipinski definition) is 0. The van der Waals surface area contributed by atoms with Crippen molar-refractivity contribution < 1.29 is 0 Å². The van der Waals surface area contributed by atoms with Crippen molar-refractivity contribution in [1.29, 1.82) is 0 Å². The quantitative estimate of drug-likeness (QED) is 0.475. The van der Waals surface area contributed by atoms with Crippen LogP contribution in [-0.4, -0.2) is 0 Å². The van der Waals surface area contributed by atoms with Gasteiger partial charge in [0.05, 0.1) is 0 Å². The van der Waals surface area contributed by atoms with Gasteiger partial charge in [-0.3, -0.25) is 0 Å². The molecule has 0 N–H and O–H groups in total. The monoisotopic (exact) mass is 158 g/mol. The molecule has 0 heteroatoms. The fraction of sp³-hybridized carbons (Fsp3) is 0.667. The molecule has 0 aromatic rings. The lowest BCUT2D eigenvalue weighted by Gasteiger charge is -2.05. The van der Waals surface area contributed by atoms with Crippen LogP contribution in [0, 0.1) is 29.1 Å². The Balaban J connectivity index is 2.00. The average Bonchev–Trinajstić information content (AvgIpc) is 2.84. The fourth-order valence-corrected chi connectivity index (χ4v) is 1.53. The van der Waals surface area contributed by atoms with Crippen molar-refractivity contribution in [1.82, 2.24) is 0 Å². The van der Waals surface area contributed by atoms with Crippen LogP contribution in [0.15, 0.2) is 0 Å². The summed E-state index contributed by atoms with van der Waals surface area (Å²) in [4.78, 5) is 0. The minimum absolute atomic E-state index is 0.539. The van der Waals surface area contributed by atoms with E-state index in [-0.39, 0.29) is 0 Å². The van der Waals surface area contributed by atoms with Crippen LogP contribution in [-0.2, 0) is 0 Å². The largest absolute Gasteiger partial charge is 0.103 e. The van der Waals surface area contributed by atoms with E-state index in [4.69, 9.17) is 0 Å². The van der Waals surface area contributed by atoms with E-state index in [1.54, 1.807) is 0 Å². The Bertz CT molecular complexity index is 247. The van der Waals surface area contributed by atoms with Crippen molar-refractivity contribution in [3.05, 3.63) is 0 Å². The normalized spacial score (nSPS) is 24.7. The van der Waals surface area contributed by atoms with E-state index in [0.29, 0.717) is 5.41 Å². The molecule has 0 aromatic carbocycles. The van der Waals surface area contributed by atoms with E-state index in [1.165, 1.54) is 12.8 Å². The zero-order valence-electron chi connectivity index (χ0n) is 7.45. The summed E-state index contributed by atoms with van der Waals surface area (Å²) in [6, 6.07) is 0. The van der Waals surface area contributed by atoms with Gasteiger partial charge in [0.1, 0.15) is 0 Å². The number of rotatable bonds is 0. The molecule has 2 aliphatic rings. The highest BCUT2D eigenvalue weighted by Crippen LogP contribution is 2.51. The summed E-state index contributed by atoms with van der Waals surface area (Å²) < 4.78 is 0. The summed E-state index contributed by atoms with van der Waals surface area (Å²) in [5.74, 6) is 13.0. The van der Waals surface area contributed by atoms with E-state index >= 15 is 0 Å². The van der Waals surface area contributed by atoms with Crippen LogP contribution in [0.3, 0.4) is 0 Å². The van der Waals surface area contributed by atoms with Gasteiger partial charge in [0.25, 0.3) is 0 Å². The molecule has 2 aliphatic carbocycles. The van der Waals surface area contributed by atoms with Gasteiger partial charge in [-0.15, -0.1) is 23.7 Å². The second kappa shape index (κ2) is 3.24. The molecule has 0 aliphatic heterocycles. The van der Waals surface area contributed by atoms with Crippen molar-refractivity contribution in [2.75, 3.05) is 0 Å². The molecule has 1 spiro atoms. The van der Waals surface area contributed by atoms with Crippen molar-refractivity contribution in [3.8, 4) is 23.7 Å². The maximum absolute atomic E-state index is 3.29. The van der Waals surface area contributed by atoms with Gasteiger partial charge >= 0.3 is 0 Å². The summed E-state index contributed by atoms with van der Waals surface area (Å²) >= 11 is 0. The summed E-state index contributed by atoms with van der Waals surface area (Å²) in [6.45, 7) is 0. The number of hydrogen-bond donors (Lipinski definition) is 0. The van der Waals surface area contributed by atoms with Crippen molar-refractivity contribution in [2.24, 2.45) is 5.41 Å². The molecule has 0 heterocycles. The van der Waals surface area contributed by atoms with Crippen LogP contribution >= 0.6 is 0 Å². The zero-order chi connectivity index (χ0) is 8.28. The van der Waals surface area contributed by atoms with Gasteiger partial charge in [-0.25, -0.2) is 0 Å². The maximum Gasteiger partial charge on any atom is 0.0154 e. The molecule has 1 fully saturated rings. The first-order valence-electron chi connectivity index (χ1n) is 4.83. The van der Waals surface area contributed by atoms with Crippen LogP contribution in [0.25, 0.3) is 0 Å². The Morgan fingerprint density at radius 1 is 0.750 bits per heavy atom. The first kappa shape index (κ1) is 7.75. The van der Waals surface area contributed by atoms with Crippen LogP contribution in [0.1, 0.15) is 44.9 Å². The smallest absolute Gasteiger partial charge is 0.0154 e. The third kappa shape index (κ3) is 1.83. The summed E-state index contributed by atoms with van der Waals surface area (Å²) in [6.07, 6.45) is 8.17. The topological polar surface area (TPSA) is 0 Å². The van der Waals surface area contributed by atoms with E-state index in [1.807, 2.05) is 0 Å². The third-order valence-electron chi connectivity index (χ3n) is 2.74. The molecule has 0 saturated heterocycles. The molecular formula is C12H14. The Hall–Kier alpha value is -0.880. The Morgan fingerprint density at radius 3 is 1.83 bits per heavy atom. The summed E-state index contributed by atoms with van der Waals surface area (Å²) in [7, 11) is 0. The van der Waals surface area contributed by atoms with Crippen molar-refractivity contribution in [2.45, 2.75) is 44.9 Å². The van der Waals surface area contributed by atoms with Crippen LogP contribution in [0.4, 0.5) is 0 Å². The second-order valence-corrected chi connectivity index (χ2v) is 3.91. The second-order valence-electron chi connectivity index (χ2n) is 3.91. The predicted octanol–water partition coefficient (Wildman–Crippen LogP) is 2.74. The van der Waals surface area contributed by atoms with Crippen molar-refractivity contribution in [3.63, 3.8) is 0 Å². The van der Waals surface area contributed by atoms with Crippen LogP contribution in [0.5, 0.6) is 0 Å². The standard InChI is InChI=1S/C12H14/c1-2-4-6-8-12(10-11-12)9-7-5-3-1/h1-3,8-11H2. The van der Waals surface area contributed by atoms with Gasteiger partial charge in [-0.05, 0) is 24.7 Å². The highest BCUT2D eigenvalue weighted by molar-refractivity contribution is 5.14. The molecular weight excluding hydrogens is 144 g/mol. The third-order valence-corrected chi connectivity index (χ3v) is 2.74. The molecule has 1 saturated carbocycles. The molecule has 12 heavy (non-hydrogen) atoms. The van der Waals surface area contributed by atoms with E-state index < -0.39 is 0 Å². The van der Waals surface area contributed by atoms with Crippen LogP contribution < -0.4 is 0 Å². The highest BCUT2D eigenvalue weighted by Gasteiger charge is 2.40. The van der Waals surface area contributed by atoms with Crippen molar-refractivity contribution >= 4 is 0 Å². The minimum atomic E-state index is 0.539. The first-order valence-corrected chi connectivity index (χ1v) is 4.83. The molecule has 0 bridgehead atoms. The molecule has 62 valence electrons. The molecule has 0 radical (unpaired) electrons. The van der Waals surface area contributed by atoms with Crippen LogP contribution in [0.2, 0.25) is 0 Å². The van der Waals surface area contributed by atoms with Gasteiger partial charge in [0, 0.05) is 25.7 Å². The van der Waals surface area contributed by atoms with Gasteiger partial charge < -0.3 is 0 Å². The molecule has 0 aromatic heterocycles. The SMILES string of the molecule is C1#CCC2(CC#CCCC1)CC2. The fourth-order valence-electron chi connectivity index (χ4n) is 1.53. The molecule has 0 unspecified atom stereocenters. The summed E-state index contributed by atoms with van der Waals surface area (Å²) in [5.41, 5.74) is 0.539. The lowest BCUT2D eigenvalue weighted by molar-refractivity contribution is 0.544. The predicted molar refractivity (Wildman–Crippen MR) is 50.3 cm³/mol. The molecule has 2 rings (SSSR count). The van der Waals surface area contributed by atoms with E-state index in [9.17, 15) is 0 Å². The average molecular weight is 158 g/mol. The Kier molecular flexibility index (Phi) is 2.09. The van der Waals surface area contributed by atoms with Gasteiger partial charge in [-0.1, -0.05) is 0 Å². The lowest BCUT2D eigenvalue weighted by atomic mass is 9.98. The lowest BCUT2D eigenvalue weighted by Crippen LogP contribution is -1.97. The molecule has 0 amide bonds. The molecule has 0 atom stereocenters. The minimum Gasteiger partial charge on any atom is -0.103 e. The van der Waals surface area contributed by atoms with Gasteiger partial charge in [0.15, 0.2) is 0 Å².